The number of fused-ring (bicyclic) bond motifs is 1. The van der Waals surface area contributed by atoms with Gasteiger partial charge < -0.3 is 4.74 Å². The number of aromatic amines is 1. The molecule has 1 unspecified atom stereocenters. The number of ether oxygens (including phenoxy) is 1. The molecule has 0 fully saturated rings. The third-order valence-electron chi connectivity index (χ3n) is 7.67. The van der Waals surface area contributed by atoms with Crippen molar-refractivity contribution in [2.45, 2.75) is 58.6 Å². The number of rotatable bonds is 9. The van der Waals surface area contributed by atoms with E-state index in [1.807, 2.05) is 73.7 Å². The van der Waals surface area contributed by atoms with Gasteiger partial charge in [-0.1, -0.05) is 85.2 Å². The molecule has 6 rings (SSSR count). The predicted octanol–water partition coefficient (Wildman–Crippen LogP) is 5.50. The molecule has 41 heavy (non-hydrogen) atoms. The number of para-hydroxylation sites is 1. The summed E-state index contributed by atoms with van der Waals surface area (Å²) in [5.74, 6) is 1.41. The first-order chi connectivity index (χ1) is 20.0. The molecule has 1 aliphatic heterocycles. The smallest absolute Gasteiger partial charge is 0.439 e. The molecule has 5 aromatic rings. The summed E-state index contributed by atoms with van der Waals surface area (Å²) in [7, 11) is 0. The number of benzene rings is 3. The van der Waals surface area contributed by atoms with Crippen molar-refractivity contribution in [3.63, 3.8) is 0 Å². The van der Waals surface area contributed by atoms with Crippen LogP contribution in [0.25, 0.3) is 22.5 Å². The summed E-state index contributed by atoms with van der Waals surface area (Å²) in [4.78, 5) is 33.0. The molecule has 0 radical (unpaired) electrons. The van der Waals surface area contributed by atoms with E-state index in [1.54, 1.807) is 4.57 Å². The summed E-state index contributed by atoms with van der Waals surface area (Å²) in [5.41, 5.74) is 6.49. The lowest BCUT2D eigenvalue weighted by molar-refractivity contribution is 0.205. The van der Waals surface area contributed by atoms with Crippen molar-refractivity contribution >= 4 is 0 Å². The maximum absolute atomic E-state index is 14.0. The highest BCUT2D eigenvalue weighted by molar-refractivity contribution is 5.80. The molecule has 3 aromatic carbocycles. The van der Waals surface area contributed by atoms with Gasteiger partial charge in [0.1, 0.15) is 17.7 Å². The summed E-state index contributed by atoms with van der Waals surface area (Å²) in [5, 5.41) is 3.86. The Morgan fingerprint density at radius 2 is 1.73 bits per heavy atom. The van der Waals surface area contributed by atoms with E-state index in [0.717, 1.165) is 70.8 Å². The van der Waals surface area contributed by atoms with Crippen LogP contribution in [-0.2, 0) is 25.8 Å². The van der Waals surface area contributed by atoms with E-state index in [2.05, 4.69) is 23.1 Å². The molecule has 208 valence electrons. The van der Waals surface area contributed by atoms with Crippen LogP contribution >= 0.6 is 0 Å². The van der Waals surface area contributed by atoms with Gasteiger partial charge in [-0.15, -0.1) is 0 Å². The molecule has 0 saturated heterocycles. The largest absolute Gasteiger partial charge is 0.488 e. The average Bonchev–Trinajstić information content (AvgIpc) is 3.62. The predicted molar refractivity (Wildman–Crippen MR) is 157 cm³/mol. The third kappa shape index (κ3) is 5.50. The molecule has 1 N–H and O–H groups in total. The Balaban J connectivity index is 1.29. The second kappa shape index (κ2) is 11.4. The van der Waals surface area contributed by atoms with Crippen LogP contribution in [0.4, 0.5) is 0 Å². The van der Waals surface area contributed by atoms with Gasteiger partial charge in [0, 0.05) is 24.0 Å². The van der Waals surface area contributed by atoms with Gasteiger partial charge in [-0.05, 0) is 48.1 Å². The Morgan fingerprint density at radius 3 is 2.46 bits per heavy atom. The standard InChI is InChI=1S/C33H32N4O4/c1-3-4-12-29-28(32(38)37(21(2)34-29)20-25-19-24-9-5-8-13-30(24)40-25)18-22-14-16-23(17-15-22)26-10-6-7-11-27(26)31-35-33(39)41-36-31/h5-11,13-17,25H,3-4,12,18-20H2,1-2H3,(H,35,36,39). The molecule has 2 aromatic heterocycles. The Kier molecular flexibility index (Phi) is 7.37. The first kappa shape index (κ1) is 26.5. The second-order valence-corrected chi connectivity index (χ2v) is 10.5. The number of nitrogens with zero attached hydrogens (tertiary/aromatic N) is 3. The minimum absolute atomic E-state index is 0.00701. The molecule has 8 heteroatoms. The highest BCUT2D eigenvalue weighted by atomic mass is 16.5. The lowest BCUT2D eigenvalue weighted by Gasteiger charge is -2.18. The summed E-state index contributed by atoms with van der Waals surface area (Å²) >= 11 is 0. The fourth-order valence-electron chi connectivity index (χ4n) is 5.55. The van der Waals surface area contributed by atoms with E-state index >= 15 is 0 Å². The number of aryl methyl sites for hydroxylation is 2. The Bertz CT molecular complexity index is 1770. The van der Waals surface area contributed by atoms with Crippen LogP contribution in [0.3, 0.4) is 0 Å². The van der Waals surface area contributed by atoms with Crippen LogP contribution in [0.15, 0.2) is 86.9 Å². The molecule has 1 aliphatic rings. The second-order valence-electron chi connectivity index (χ2n) is 10.5. The van der Waals surface area contributed by atoms with Crippen LogP contribution < -0.4 is 16.1 Å². The highest BCUT2D eigenvalue weighted by Gasteiger charge is 2.25. The van der Waals surface area contributed by atoms with E-state index in [9.17, 15) is 9.59 Å². The van der Waals surface area contributed by atoms with Crippen LogP contribution in [0.2, 0.25) is 0 Å². The SMILES string of the molecule is CCCCc1nc(C)n(CC2Cc3ccccc3O2)c(=O)c1Cc1ccc(-c2ccccc2-c2noc(=O)[nH]2)cc1. The zero-order valence-electron chi connectivity index (χ0n) is 23.2. The first-order valence-electron chi connectivity index (χ1n) is 14.1. The quantitative estimate of drug-likeness (QED) is 0.261. The topological polar surface area (TPSA) is 103 Å². The molecule has 0 bridgehead atoms. The van der Waals surface area contributed by atoms with E-state index in [1.165, 1.54) is 5.56 Å². The van der Waals surface area contributed by atoms with Crippen molar-refractivity contribution in [1.29, 1.82) is 0 Å². The molecule has 0 amide bonds. The summed E-state index contributed by atoms with van der Waals surface area (Å²) in [6.07, 6.45) is 3.95. The van der Waals surface area contributed by atoms with Gasteiger partial charge in [0.05, 0.1) is 12.2 Å². The minimum atomic E-state index is -0.592. The molecule has 3 heterocycles. The number of unbranched alkanes of at least 4 members (excludes halogenated alkanes) is 1. The maximum atomic E-state index is 14.0. The van der Waals surface area contributed by atoms with Crippen LogP contribution in [0.1, 0.15) is 48.0 Å². The molecule has 1 atom stereocenters. The number of hydrogen-bond donors (Lipinski definition) is 1. The third-order valence-corrected chi connectivity index (χ3v) is 7.67. The average molecular weight is 549 g/mol. The van der Waals surface area contributed by atoms with Crippen LogP contribution in [-0.4, -0.2) is 25.8 Å². The van der Waals surface area contributed by atoms with Crippen molar-refractivity contribution in [2.75, 3.05) is 0 Å². The van der Waals surface area contributed by atoms with Crippen molar-refractivity contribution in [3.05, 3.63) is 122 Å². The zero-order valence-corrected chi connectivity index (χ0v) is 23.2. The summed E-state index contributed by atoms with van der Waals surface area (Å²) in [6, 6.07) is 23.9. The van der Waals surface area contributed by atoms with Gasteiger partial charge in [0.15, 0.2) is 5.82 Å². The molecule has 0 saturated carbocycles. The van der Waals surface area contributed by atoms with Crippen molar-refractivity contribution in [2.24, 2.45) is 0 Å². The molecule has 8 nitrogen and oxygen atoms in total. The Hall–Kier alpha value is -4.72. The number of H-pyrrole nitrogens is 1. The van der Waals surface area contributed by atoms with Gasteiger partial charge in [-0.3, -0.25) is 18.9 Å². The van der Waals surface area contributed by atoms with Crippen molar-refractivity contribution < 1.29 is 9.26 Å². The Morgan fingerprint density at radius 1 is 0.976 bits per heavy atom. The molecular formula is C33H32N4O4. The van der Waals surface area contributed by atoms with Gasteiger partial charge >= 0.3 is 5.76 Å². The van der Waals surface area contributed by atoms with Gasteiger partial charge in [0.25, 0.3) is 5.56 Å². The summed E-state index contributed by atoms with van der Waals surface area (Å²) < 4.78 is 12.7. The molecular weight excluding hydrogens is 516 g/mol. The zero-order chi connectivity index (χ0) is 28.3. The van der Waals surface area contributed by atoms with Crippen molar-refractivity contribution in [3.8, 4) is 28.3 Å². The van der Waals surface area contributed by atoms with E-state index in [4.69, 9.17) is 14.2 Å². The highest BCUT2D eigenvalue weighted by Crippen LogP contribution is 2.31. The first-order valence-corrected chi connectivity index (χ1v) is 14.1. The monoisotopic (exact) mass is 548 g/mol. The number of nitrogens with one attached hydrogen (secondary N) is 1. The molecule has 0 spiro atoms. The van der Waals surface area contributed by atoms with Crippen LogP contribution in [0.5, 0.6) is 5.75 Å². The normalized spacial score (nSPS) is 14.1. The number of aromatic nitrogens is 4. The number of hydrogen-bond acceptors (Lipinski definition) is 6. The lowest BCUT2D eigenvalue weighted by Crippen LogP contribution is -2.34. The van der Waals surface area contributed by atoms with Gasteiger partial charge in [-0.25, -0.2) is 9.78 Å². The fourth-order valence-corrected chi connectivity index (χ4v) is 5.55. The fraction of sp³-hybridized carbons (Fsp3) is 0.273. The van der Waals surface area contributed by atoms with Gasteiger partial charge in [0.2, 0.25) is 0 Å². The minimum Gasteiger partial charge on any atom is -0.488 e. The maximum Gasteiger partial charge on any atom is 0.439 e. The van der Waals surface area contributed by atoms with Crippen molar-refractivity contribution in [1.82, 2.24) is 19.7 Å². The summed E-state index contributed by atoms with van der Waals surface area (Å²) in [6.45, 7) is 4.53. The van der Waals surface area contributed by atoms with E-state index in [0.29, 0.717) is 18.8 Å². The lowest BCUT2D eigenvalue weighted by atomic mass is 9.96. The Labute approximate surface area is 237 Å². The molecule has 0 aliphatic carbocycles. The van der Waals surface area contributed by atoms with Crippen LogP contribution in [0, 0.1) is 6.92 Å². The van der Waals surface area contributed by atoms with Gasteiger partial charge in [-0.2, -0.15) is 0 Å². The van der Waals surface area contributed by atoms with E-state index in [-0.39, 0.29) is 11.7 Å². The van der Waals surface area contributed by atoms with E-state index < -0.39 is 5.76 Å².